The maximum atomic E-state index is 4.98. The lowest BCUT2D eigenvalue weighted by Gasteiger charge is -2.22. The Labute approximate surface area is 290 Å². The molecular weight excluding hydrogens is 611 g/mol. The topological polar surface area (TPSA) is 38.7 Å². The molecular formula is C45H39N3Si. The van der Waals surface area contributed by atoms with Crippen molar-refractivity contribution < 1.29 is 0 Å². The van der Waals surface area contributed by atoms with Crippen LogP contribution in [-0.4, -0.2) is 23.0 Å². The number of nitrogens with zero attached hydrogens (tertiary/aromatic N) is 3. The molecule has 3 nitrogen and oxygen atoms in total. The monoisotopic (exact) mass is 649 g/mol. The summed E-state index contributed by atoms with van der Waals surface area (Å²) < 4.78 is 0. The van der Waals surface area contributed by atoms with E-state index >= 15 is 0 Å². The molecule has 1 aromatic heterocycles. The fourth-order valence-corrected chi connectivity index (χ4v) is 8.23. The Morgan fingerprint density at radius 3 is 1.31 bits per heavy atom. The van der Waals surface area contributed by atoms with Crippen LogP contribution in [0.2, 0.25) is 19.6 Å². The van der Waals surface area contributed by atoms with E-state index in [4.69, 9.17) is 15.0 Å². The summed E-state index contributed by atoms with van der Waals surface area (Å²) >= 11 is 0. The zero-order valence-electron chi connectivity index (χ0n) is 28.7. The first kappa shape index (κ1) is 30.9. The third kappa shape index (κ3) is 5.72. The number of fused-ring (bicyclic) bond motifs is 3. The second-order valence-electron chi connectivity index (χ2n) is 14.6. The molecule has 1 aliphatic carbocycles. The second kappa shape index (κ2) is 11.9. The first-order valence-corrected chi connectivity index (χ1v) is 20.5. The number of aromatic nitrogens is 3. The van der Waals surface area contributed by atoms with Gasteiger partial charge in [0.05, 0.1) is 8.07 Å². The molecule has 1 aliphatic rings. The summed E-state index contributed by atoms with van der Waals surface area (Å²) in [5, 5.41) is 1.49. The summed E-state index contributed by atoms with van der Waals surface area (Å²) in [6.45, 7) is 11.9. The lowest BCUT2D eigenvalue weighted by atomic mass is 9.82. The summed E-state index contributed by atoms with van der Waals surface area (Å²) in [7, 11) is -1.35. The molecule has 4 heteroatoms. The van der Waals surface area contributed by atoms with Crippen LogP contribution in [0.15, 0.2) is 146 Å². The van der Waals surface area contributed by atoms with Gasteiger partial charge in [-0.15, -0.1) is 0 Å². The molecule has 0 unspecified atom stereocenters. The van der Waals surface area contributed by atoms with Crippen LogP contribution in [-0.2, 0) is 5.41 Å². The Morgan fingerprint density at radius 2 is 0.796 bits per heavy atom. The van der Waals surface area contributed by atoms with Crippen LogP contribution in [0.4, 0.5) is 0 Å². The molecule has 0 amide bonds. The highest BCUT2D eigenvalue weighted by Gasteiger charge is 2.35. The first-order valence-electron chi connectivity index (χ1n) is 17.0. The third-order valence-corrected chi connectivity index (χ3v) is 12.0. The third-order valence-electron chi connectivity index (χ3n) is 9.91. The van der Waals surface area contributed by atoms with Crippen LogP contribution in [0.5, 0.6) is 0 Å². The van der Waals surface area contributed by atoms with Crippen molar-refractivity contribution in [2.24, 2.45) is 0 Å². The Morgan fingerprint density at radius 1 is 0.388 bits per heavy atom. The summed E-state index contributed by atoms with van der Waals surface area (Å²) in [5.41, 5.74) is 13.0. The minimum absolute atomic E-state index is 0.0716. The van der Waals surface area contributed by atoms with E-state index in [1.807, 2.05) is 60.7 Å². The largest absolute Gasteiger partial charge is 0.208 e. The zero-order valence-corrected chi connectivity index (χ0v) is 29.7. The number of hydrogen-bond donors (Lipinski definition) is 0. The van der Waals surface area contributed by atoms with Gasteiger partial charge < -0.3 is 0 Å². The normalized spacial score (nSPS) is 13.2. The molecule has 238 valence electrons. The van der Waals surface area contributed by atoms with Gasteiger partial charge in [0.15, 0.2) is 17.5 Å². The van der Waals surface area contributed by atoms with Crippen molar-refractivity contribution in [3.8, 4) is 67.5 Å². The van der Waals surface area contributed by atoms with E-state index in [2.05, 4.69) is 118 Å². The molecule has 0 radical (unpaired) electrons. The van der Waals surface area contributed by atoms with E-state index in [0.29, 0.717) is 17.5 Å². The molecule has 0 N–H and O–H groups in total. The molecule has 0 saturated carbocycles. The van der Waals surface area contributed by atoms with Crippen LogP contribution in [0.25, 0.3) is 67.5 Å². The average Bonchev–Trinajstić information content (AvgIpc) is 3.37. The van der Waals surface area contributed by atoms with Crippen LogP contribution in [0.1, 0.15) is 25.0 Å². The fourth-order valence-electron chi connectivity index (χ4n) is 7.07. The van der Waals surface area contributed by atoms with Crippen molar-refractivity contribution in [1.29, 1.82) is 0 Å². The second-order valence-corrected chi connectivity index (χ2v) is 19.7. The van der Waals surface area contributed by atoms with Crippen molar-refractivity contribution >= 4 is 13.3 Å². The van der Waals surface area contributed by atoms with Crippen LogP contribution in [0.3, 0.4) is 0 Å². The van der Waals surface area contributed by atoms with E-state index in [1.54, 1.807) is 0 Å². The summed E-state index contributed by atoms with van der Waals surface area (Å²) in [4.78, 5) is 14.8. The average molecular weight is 650 g/mol. The van der Waals surface area contributed by atoms with Crippen LogP contribution >= 0.6 is 0 Å². The Balaban J connectivity index is 1.20. The fraction of sp³-hybridized carbons (Fsp3) is 0.133. The minimum Gasteiger partial charge on any atom is -0.208 e. The molecule has 0 bridgehead atoms. The van der Waals surface area contributed by atoms with E-state index in [9.17, 15) is 0 Å². The number of hydrogen-bond acceptors (Lipinski definition) is 3. The van der Waals surface area contributed by atoms with Crippen LogP contribution < -0.4 is 5.19 Å². The van der Waals surface area contributed by atoms with Crippen molar-refractivity contribution in [1.82, 2.24) is 15.0 Å². The molecule has 6 aromatic carbocycles. The van der Waals surface area contributed by atoms with Crippen molar-refractivity contribution in [2.45, 2.75) is 38.9 Å². The van der Waals surface area contributed by atoms with E-state index in [0.717, 1.165) is 22.3 Å². The molecule has 49 heavy (non-hydrogen) atoms. The van der Waals surface area contributed by atoms with Gasteiger partial charge in [-0.05, 0) is 62.7 Å². The molecule has 0 aliphatic heterocycles. The van der Waals surface area contributed by atoms with Crippen LogP contribution in [0, 0.1) is 0 Å². The van der Waals surface area contributed by atoms with Gasteiger partial charge in [-0.25, -0.2) is 15.0 Å². The number of benzene rings is 6. The lowest BCUT2D eigenvalue weighted by molar-refractivity contribution is 0.660. The lowest BCUT2D eigenvalue weighted by Crippen LogP contribution is -2.37. The van der Waals surface area contributed by atoms with Gasteiger partial charge in [-0.1, -0.05) is 166 Å². The van der Waals surface area contributed by atoms with Gasteiger partial charge in [-0.3, -0.25) is 0 Å². The minimum atomic E-state index is -1.35. The van der Waals surface area contributed by atoms with Gasteiger partial charge in [0.25, 0.3) is 0 Å². The quantitative estimate of drug-likeness (QED) is 0.168. The Bertz CT molecular complexity index is 2260. The molecule has 0 spiro atoms. The van der Waals surface area contributed by atoms with Gasteiger partial charge in [-0.2, -0.15) is 0 Å². The van der Waals surface area contributed by atoms with Gasteiger partial charge in [0, 0.05) is 22.1 Å². The standard InChI is InChI=1S/C45H39N3Si/c1-45(2)40-25-21-34(30-19-23-37(24-20-30)49(3,4)5)28-38(40)39-29-35(22-26-41(39)45)33-17-12-18-36(27-33)44-47-42(31-13-8-6-9-14-31)46-43(48-44)32-15-10-7-11-16-32/h6-29H,1-5H3. The highest BCUT2D eigenvalue weighted by atomic mass is 28.3. The summed E-state index contributed by atoms with van der Waals surface area (Å²) in [5.74, 6) is 1.99. The summed E-state index contributed by atoms with van der Waals surface area (Å²) in [6, 6.07) is 52.1. The molecule has 8 rings (SSSR count). The molecule has 0 atom stereocenters. The highest BCUT2D eigenvalue weighted by molar-refractivity contribution is 6.88. The van der Waals surface area contributed by atoms with Crippen molar-refractivity contribution in [3.05, 3.63) is 157 Å². The van der Waals surface area contributed by atoms with Crippen molar-refractivity contribution in [3.63, 3.8) is 0 Å². The number of rotatable bonds is 6. The predicted octanol–water partition coefficient (Wildman–Crippen LogP) is 11.1. The Hall–Kier alpha value is -5.45. The maximum Gasteiger partial charge on any atom is 0.164 e. The van der Waals surface area contributed by atoms with E-state index in [1.165, 1.54) is 44.1 Å². The molecule has 0 saturated heterocycles. The zero-order chi connectivity index (χ0) is 33.8. The Kier molecular flexibility index (Phi) is 7.50. The van der Waals surface area contributed by atoms with E-state index < -0.39 is 8.07 Å². The molecule has 7 aromatic rings. The smallest absolute Gasteiger partial charge is 0.164 e. The van der Waals surface area contributed by atoms with Gasteiger partial charge in [0.1, 0.15) is 0 Å². The van der Waals surface area contributed by atoms with Gasteiger partial charge in [0.2, 0.25) is 0 Å². The first-order chi connectivity index (χ1) is 23.6. The summed E-state index contributed by atoms with van der Waals surface area (Å²) in [6.07, 6.45) is 0. The van der Waals surface area contributed by atoms with Gasteiger partial charge >= 0.3 is 0 Å². The van der Waals surface area contributed by atoms with E-state index in [-0.39, 0.29) is 5.41 Å². The highest BCUT2D eigenvalue weighted by Crippen LogP contribution is 2.50. The maximum absolute atomic E-state index is 4.98. The van der Waals surface area contributed by atoms with Crippen molar-refractivity contribution in [2.75, 3.05) is 0 Å². The SMILES string of the molecule is CC1(C)c2ccc(-c3ccc([Si](C)(C)C)cc3)cc2-c2cc(-c3cccc(-c4nc(-c5ccccc5)nc(-c5ccccc5)n4)c3)ccc21. The molecule has 1 heterocycles. The predicted molar refractivity (Wildman–Crippen MR) is 208 cm³/mol. The molecule has 0 fully saturated rings.